The number of phenols is 2. The Balaban J connectivity index is 2.11. The molecule has 0 saturated carbocycles. The van der Waals surface area contributed by atoms with E-state index in [-0.39, 0.29) is 11.5 Å². The molecule has 0 unspecified atom stereocenters. The van der Waals surface area contributed by atoms with E-state index in [4.69, 9.17) is 0 Å². The van der Waals surface area contributed by atoms with Gasteiger partial charge in [0.05, 0.1) is 0 Å². The second-order valence-corrected chi connectivity index (χ2v) is 4.91. The highest BCUT2D eigenvalue weighted by atomic mass is 79.9. The number of rotatable bonds is 3. The fraction of sp³-hybridized carbons (Fsp3) is 0.143. The average molecular weight is 308 g/mol. The third-order valence-electron chi connectivity index (χ3n) is 2.71. The Bertz CT molecular complexity index is 570. The molecule has 3 N–H and O–H groups in total. The maximum Gasteiger partial charge on any atom is 0.157 e. The first kappa shape index (κ1) is 12.8. The topological polar surface area (TPSA) is 52.5 Å². The Hall–Kier alpha value is -1.68. The van der Waals surface area contributed by atoms with E-state index in [0.29, 0.717) is 6.54 Å². The van der Waals surface area contributed by atoms with E-state index in [2.05, 4.69) is 21.2 Å². The number of aryl methyl sites for hydroxylation is 1. The van der Waals surface area contributed by atoms with Crippen LogP contribution in [0.25, 0.3) is 0 Å². The van der Waals surface area contributed by atoms with E-state index in [1.807, 2.05) is 25.1 Å². The standard InChI is InChI=1S/C14H14BrNO2/c1-9-3-2-4-11(14(9)15)16-8-10-5-6-12(17)13(18)7-10/h2-7,16-18H,8H2,1H3. The molecule has 2 rings (SSSR count). The normalized spacial score (nSPS) is 10.3. The van der Waals surface area contributed by atoms with Gasteiger partial charge < -0.3 is 15.5 Å². The summed E-state index contributed by atoms with van der Waals surface area (Å²) in [7, 11) is 0. The lowest BCUT2D eigenvalue weighted by atomic mass is 10.2. The van der Waals surface area contributed by atoms with Crippen molar-refractivity contribution in [3.05, 3.63) is 52.0 Å². The number of halogens is 1. The number of phenolic OH excluding ortho intramolecular Hbond substituents is 2. The highest BCUT2D eigenvalue weighted by molar-refractivity contribution is 9.10. The molecule has 2 aromatic rings. The van der Waals surface area contributed by atoms with Crippen molar-refractivity contribution in [2.24, 2.45) is 0 Å². The summed E-state index contributed by atoms with van der Waals surface area (Å²) >= 11 is 3.53. The number of benzene rings is 2. The number of nitrogens with one attached hydrogen (secondary N) is 1. The summed E-state index contributed by atoms with van der Waals surface area (Å²) in [6, 6.07) is 10.8. The molecule has 0 saturated heterocycles. The lowest BCUT2D eigenvalue weighted by molar-refractivity contribution is 0.403. The van der Waals surface area contributed by atoms with Crippen molar-refractivity contribution in [1.29, 1.82) is 0 Å². The third-order valence-corrected chi connectivity index (χ3v) is 3.77. The largest absolute Gasteiger partial charge is 0.504 e. The zero-order valence-electron chi connectivity index (χ0n) is 9.94. The van der Waals surface area contributed by atoms with Gasteiger partial charge >= 0.3 is 0 Å². The fourth-order valence-corrected chi connectivity index (χ4v) is 2.06. The molecule has 0 amide bonds. The first-order valence-corrected chi connectivity index (χ1v) is 6.37. The molecule has 0 radical (unpaired) electrons. The van der Waals surface area contributed by atoms with Gasteiger partial charge in [-0.15, -0.1) is 0 Å². The average Bonchev–Trinajstić information content (AvgIpc) is 2.35. The molecule has 0 heterocycles. The molecule has 0 spiro atoms. The molecule has 94 valence electrons. The summed E-state index contributed by atoms with van der Waals surface area (Å²) in [5.41, 5.74) is 3.06. The van der Waals surface area contributed by atoms with Crippen LogP contribution < -0.4 is 5.32 Å². The third kappa shape index (κ3) is 2.76. The van der Waals surface area contributed by atoms with Crippen LogP contribution in [0.3, 0.4) is 0 Å². The van der Waals surface area contributed by atoms with Crippen LogP contribution in [-0.2, 0) is 6.54 Å². The van der Waals surface area contributed by atoms with Crippen LogP contribution in [0.5, 0.6) is 11.5 Å². The summed E-state index contributed by atoms with van der Waals surface area (Å²) in [5.74, 6) is -0.201. The van der Waals surface area contributed by atoms with Crippen LogP contribution in [0.4, 0.5) is 5.69 Å². The molecular formula is C14H14BrNO2. The predicted molar refractivity (Wildman–Crippen MR) is 76.0 cm³/mol. The van der Waals surface area contributed by atoms with Gasteiger partial charge in [-0.2, -0.15) is 0 Å². The van der Waals surface area contributed by atoms with Gasteiger partial charge in [0.15, 0.2) is 11.5 Å². The number of aromatic hydroxyl groups is 2. The van der Waals surface area contributed by atoms with E-state index >= 15 is 0 Å². The highest BCUT2D eigenvalue weighted by Gasteiger charge is 2.03. The monoisotopic (exact) mass is 307 g/mol. The van der Waals surface area contributed by atoms with Crippen LogP contribution in [0.15, 0.2) is 40.9 Å². The SMILES string of the molecule is Cc1cccc(NCc2ccc(O)c(O)c2)c1Br. The smallest absolute Gasteiger partial charge is 0.157 e. The van der Waals surface area contributed by atoms with Crippen LogP contribution >= 0.6 is 15.9 Å². The van der Waals surface area contributed by atoms with E-state index in [9.17, 15) is 10.2 Å². The molecule has 2 aromatic carbocycles. The van der Waals surface area contributed by atoms with Gasteiger partial charge in [0, 0.05) is 16.7 Å². The van der Waals surface area contributed by atoms with Gasteiger partial charge in [0.1, 0.15) is 0 Å². The minimum atomic E-state index is -0.101. The van der Waals surface area contributed by atoms with Gasteiger partial charge in [-0.1, -0.05) is 18.2 Å². The van der Waals surface area contributed by atoms with Crippen molar-refractivity contribution >= 4 is 21.6 Å². The Morgan fingerprint density at radius 3 is 2.61 bits per heavy atom. The molecular weight excluding hydrogens is 294 g/mol. The zero-order chi connectivity index (χ0) is 13.1. The molecule has 0 bridgehead atoms. The van der Waals surface area contributed by atoms with Gasteiger partial charge in [-0.25, -0.2) is 0 Å². The van der Waals surface area contributed by atoms with Gasteiger partial charge in [0.25, 0.3) is 0 Å². The fourth-order valence-electron chi connectivity index (χ4n) is 1.66. The van der Waals surface area contributed by atoms with Crippen molar-refractivity contribution < 1.29 is 10.2 Å². The van der Waals surface area contributed by atoms with Crippen LogP contribution in [0.1, 0.15) is 11.1 Å². The molecule has 3 nitrogen and oxygen atoms in total. The van der Waals surface area contributed by atoms with E-state index in [1.165, 1.54) is 6.07 Å². The number of hydrogen-bond acceptors (Lipinski definition) is 3. The Morgan fingerprint density at radius 1 is 1.11 bits per heavy atom. The van der Waals surface area contributed by atoms with E-state index in [1.54, 1.807) is 12.1 Å². The molecule has 0 fully saturated rings. The first-order valence-electron chi connectivity index (χ1n) is 5.58. The van der Waals surface area contributed by atoms with Gasteiger partial charge in [-0.3, -0.25) is 0 Å². The van der Waals surface area contributed by atoms with Crippen LogP contribution in [0.2, 0.25) is 0 Å². The quantitative estimate of drug-likeness (QED) is 0.756. The molecule has 0 aliphatic rings. The summed E-state index contributed by atoms with van der Waals surface area (Å²) in [6.07, 6.45) is 0. The Morgan fingerprint density at radius 2 is 1.89 bits per heavy atom. The first-order chi connectivity index (χ1) is 8.58. The highest BCUT2D eigenvalue weighted by Crippen LogP contribution is 2.28. The summed E-state index contributed by atoms with van der Waals surface area (Å²) < 4.78 is 1.04. The summed E-state index contributed by atoms with van der Waals surface area (Å²) in [4.78, 5) is 0. The Kier molecular flexibility index (Phi) is 3.77. The lowest BCUT2D eigenvalue weighted by Gasteiger charge is -2.10. The molecule has 18 heavy (non-hydrogen) atoms. The van der Waals surface area contributed by atoms with Crippen molar-refractivity contribution in [2.75, 3.05) is 5.32 Å². The maximum atomic E-state index is 9.41. The predicted octanol–water partition coefficient (Wildman–Crippen LogP) is 3.78. The number of anilines is 1. The second-order valence-electron chi connectivity index (χ2n) is 4.11. The zero-order valence-corrected chi connectivity index (χ0v) is 11.5. The molecule has 4 heteroatoms. The minimum absolute atomic E-state index is 0.0994. The van der Waals surface area contributed by atoms with Gasteiger partial charge in [0.2, 0.25) is 0 Å². The lowest BCUT2D eigenvalue weighted by Crippen LogP contribution is -2.00. The van der Waals surface area contributed by atoms with Crippen molar-refractivity contribution in [3.8, 4) is 11.5 Å². The van der Waals surface area contributed by atoms with Gasteiger partial charge in [-0.05, 0) is 52.2 Å². The van der Waals surface area contributed by atoms with Crippen LogP contribution in [0, 0.1) is 6.92 Å². The van der Waals surface area contributed by atoms with E-state index < -0.39 is 0 Å². The maximum absolute atomic E-state index is 9.41. The molecule has 0 aliphatic carbocycles. The molecule has 0 atom stereocenters. The Labute approximate surface area is 114 Å². The van der Waals surface area contributed by atoms with Crippen molar-refractivity contribution in [3.63, 3.8) is 0 Å². The summed E-state index contributed by atoms with van der Waals surface area (Å²) in [5, 5.41) is 21.9. The van der Waals surface area contributed by atoms with Crippen LogP contribution in [-0.4, -0.2) is 10.2 Å². The summed E-state index contributed by atoms with van der Waals surface area (Å²) in [6.45, 7) is 2.61. The van der Waals surface area contributed by atoms with E-state index in [0.717, 1.165) is 21.3 Å². The molecule has 0 aliphatic heterocycles. The molecule has 0 aromatic heterocycles. The van der Waals surface area contributed by atoms with Crippen molar-refractivity contribution in [2.45, 2.75) is 13.5 Å². The number of hydrogen-bond donors (Lipinski definition) is 3. The minimum Gasteiger partial charge on any atom is -0.504 e. The van der Waals surface area contributed by atoms with Crippen molar-refractivity contribution in [1.82, 2.24) is 0 Å². The second kappa shape index (κ2) is 5.31.